The predicted molar refractivity (Wildman–Crippen MR) is 78.6 cm³/mol. The number of thiophene rings is 1. The molecule has 0 fully saturated rings. The summed E-state index contributed by atoms with van der Waals surface area (Å²) in [4.78, 5) is 1.39. The van der Waals surface area contributed by atoms with E-state index in [0.29, 0.717) is 6.54 Å². The highest BCUT2D eigenvalue weighted by atomic mass is 79.9. The zero-order chi connectivity index (χ0) is 12.3. The minimum absolute atomic E-state index is 0.0194. The summed E-state index contributed by atoms with van der Waals surface area (Å²) in [6.45, 7) is 2.89. The molecule has 2 N–H and O–H groups in total. The summed E-state index contributed by atoms with van der Waals surface area (Å²) in [6, 6.07) is 12.8. The molecule has 1 aromatic carbocycles. The Balaban J connectivity index is 2.27. The van der Waals surface area contributed by atoms with Gasteiger partial charge in [-0.1, -0.05) is 41.1 Å². The van der Waals surface area contributed by atoms with Crippen LogP contribution in [-0.4, -0.2) is 6.54 Å². The van der Waals surface area contributed by atoms with Crippen LogP contribution in [0.2, 0.25) is 0 Å². The van der Waals surface area contributed by atoms with Crippen molar-refractivity contribution in [2.45, 2.75) is 18.8 Å². The molecule has 0 aliphatic carbocycles. The molecule has 1 heterocycles. The second kappa shape index (κ2) is 5.34. The van der Waals surface area contributed by atoms with Crippen LogP contribution in [0.5, 0.6) is 0 Å². The average Bonchev–Trinajstić information content (AvgIpc) is 2.82. The lowest BCUT2D eigenvalue weighted by molar-refractivity contribution is 0.484. The van der Waals surface area contributed by atoms with Crippen molar-refractivity contribution in [1.29, 1.82) is 0 Å². The fraction of sp³-hybridized carbons (Fsp3) is 0.286. The molecule has 0 aliphatic heterocycles. The van der Waals surface area contributed by atoms with Gasteiger partial charge in [-0.25, -0.2) is 0 Å². The quantitative estimate of drug-likeness (QED) is 0.908. The third-order valence-corrected chi connectivity index (χ3v) is 4.54. The van der Waals surface area contributed by atoms with Crippen molar-refractivity contribution in [1.82, 2.24) is 0 Å². The van der Waals surface area contributed by atoms with Gasteiger partial charge in [0.25, 0.3) is 0 Å². The normalized spacial score (nSPS) is 14.5. The Labute approximate surface area is 115 Å². The highest BCUT2D eigenvalue weighted by Crippen LogP contribution is 2.29. The molecule has 2 aromatic rings. The third-order valence-electron chi connectivity index (χ3n) is 3.14. The maximum absolute atomic E-state index is 5.99. The molecule has 0 radical (unpaired) electrons. The fourth-order valence-corrected chi connectivity index (χ4v) is 3.10. The molecule has 17 heavy (non-hydrogen) atoms. The molecule has 0 saturated carbocycles. The van der Waals surface area contributed by atoms with Gasteiger partial charge in [0.15, 0.2) is 0 Å². The fourth-order valence-electron chi connectivity index (χ4n) is 1.94. The molecule has 0 amide bonds. The van der Waals surface area contributed by atoms with Crippen LogP contribution in [0.3, 0.4) is 0 Å². The lowest BCUT2D eigenvalue weighted by Gasteiger charge is -2.28. The number of benzene rings is 1. The molecule has 1 unspecified atom stereocenters. The van der Waals surface area contributed by atoms with Crippen molar-refractivity contribution in [3.63, 3.8) is 0 Å². The highest BCUT2D eigenvalue weighted by molar-refractivity contribution is 9.10. The second-order valence-corrected chi connectivity index (χ2v) is 6.48. The predicted octanol–water partition coefficient (Wildman–Crippen LogP) is 3.97. The summed E-state index contributed by atoms with van der Waals surface area (Å²) < 4.78 is 1.11. The van der Waals surface area contributed by atoms with Crippen molar-refractivity contribution in [3.8, 4) is 0 Å². The molecule has 0 spiro atoms. The van der Waals surface area contributed by atoms with Crippen molar-refractivity contribution in [2.24, 2.45) is 5.73 Å². The third kappa shape index (κ3) is 2.97. The molecular formula is C14H16BrNS. The van der Waals surface area contributed by atoms with E-state index < -0.39 is 0 Å². The Morgan fingerprint density at radius 2 is 1.94 bits per heavy atom. The van der Waals surface area contributed by atoms with E-state index in [2.05, 4.69) is 64.6 Å². The zero-order valence-corrected chi connectivity index (χ0v) is 12.2. The van der Waals surface area contributed by atoms with Crippen LogP contribution in [0.25, 0.3) is 0 Å². The molecule has 90 valence electrons. The smallest absolute Gasteiger partial charge is 0.0175 e. The molecule has 2 rings (SSSR count). The monoisotopic (exact) mass is 309 g/mol. The van der Waals surface area contributed by atoms with E-state index in [1.165, 1.54) is 10.4 Å². The topological polar surface area (TPSA) is 26.0 Å². The summed E-state index contributed by atoms with van der Waals surface area (Å²) in [5.74, 6) is 0. The molecule has 0 bridgehead atoms. The minimum atomic E-state index is 0.0194. The molecule has 0 aliphatic rings. The van der Waals surface area contributed by atoms with Gasteiger partial charge in [-0.05, 0) is 35.6 Å². The van der Waals surface area contributed by atoms with Crippen LogP contribution in [0.4, 0.5) is 0 Å². The van der Waals surface area contributed by atoms with Crippen LogP contribution in [-0.2, 0) is 11.8 Å². The van der Waals surface area contributed by atoms with Crippen molar-refractivity contribution >= 4 is 27.3 Å². The van der Waals surface area contributed by atoms with Gasteiger partial charge < -0.3 is 5.73 Å². The minimum Gasteiger partial charge on any atom is -0.330 e. The number of hydrogen-bond acceptors (Lipinski definition) is 2. The van der Waals surface area contributed by atoms with Crippen LogP contribution < -0.4 is 5.73 Å². The Morgan fingerprint density at radius 3 is 2.47 bits per heavy atom. The van der Waals surface area contributed by atoms with Crippen LogP contribution in [0.1, 0.15) is 17.4 Å². The molecule has 1 aromatic heterocycles. The van der Waals surface area contributed by atoms with E-state index in [-0.39, 0.29) is 5.41 Å². The summed E-state index contributed by atoms with van der Waals surface area (Å²) in [7, 11) is 0. The Morgan fingerprint density at radius 1 is 1.24 bits per heavy atom. The standard InChI is InChI=1S/C14H16BrNS/c1-14(10-16,9-13-3-2-8-17-13)11-4-6-12(15)7-5-11/h2-8H,9-10,16H2,1H3. The Bertz CT molecular complexity index is 463. The molecule has 0 saturated heterocycles. The molecule has 1 atom stereocenters. The van der Waals surface area contributed by atoms with E-state index in [1.807, 2.05) is 0 Å². The first-order valence-corrected chi connectivity index (χ1v) is 7.30. The van der Waals surface area contributed by atoms with Gasteiger partial charge in [-0.3, -0.25) is 0 Å². The number of hydrogen-bond donors (Lipinski definition) is 1. The Hall–Kier alpha value is -0.640. The van der Waals surface area contributed by atoms with Gasteiger partial charge in [-0.15, -0.1) is 11.3 Å². The van der Waals surface area contributed by atoms with Crippen molar-refractivity contribution in [2.75, 3.05) is 6.54 Å². The van der Waals surface area contributed by atoms with E-state index in [9.17, 15) is 0 Å². The number of rotatable bonds is 4. The van der Waals surface area contributed by atoms with E-state index in [1.54, 1.807) is 11.3 Å². The lowest BCUT2D eigenvalue weighted by atomic mass is 9.79. The van der Waals surface area contributed by atoms with Gasteiger partial charge >= 0.3 is 0 Å². The summed E-state index contributed by atoms with van der Waals surface area (Å²) >= 11 is 5.26. The second-order valence-electron chi connectivity index (χ2n) is 4.53. The zero-order valence-electron chi connectivity index (χ0n) is 9.82. The maximum atomic E-state index is 5.99. The largest absolute Gasteiger partial charge is 0.330 e. The first-order valence-electron chi connectivity index (χ1n) is 5.62. The van der Waals surface area contributed by atoms with E-state index in [0.717, 1.165) is 10.9 Å². The summed E-state index contributed by atoms with van der Waals surface area (Å²) in [6.07, 6.45) is 1.00. The van der Waals surface area contributed by atoms with Crippen molar-refractivity contribution in [3.05, 3.63) is 56.7 Å². The number of nitrogens with two attached hydrogens (primary N) is 1. The SMILES string of the molecule is CC(CN)(Cc1cccs1)c1ccc(Br)cc1. The molecule has 1 nitrogen and oxygen atoms in total. The van der Waals surface area contributed by atoms with Crippen LogP contribution >= 0.6 is 27.3 Å². The van der Waals surface area contributed by atoms with Gasteiger partial charge in [-0.2, -0.15) is 0 Å². The van der Waals surface area contributed by atoms with Gasteiger partial charge in [0.05, 0.1) is 0 Å². The molecule has 3 heteroatoms. The van der Waals surface area contributed by atoms with Gasteiger partial charge in [0, 0.05) is 21.3 Å². The van der Waals surface area contributed by atoms with Gasteiger partial charge in [0.1, 0.15) is 0 Å². The first kappa shape index (κ1) is 12.8. The first-order chi connectivity index (χ1) is 8.14. The van der Waals surface area contributed by atoms with Gasteiger partial charge in [0.2, 0.25) is 0 Å². The van der Waals surface area contributed by atoms with E-state index in [4.69, 9.17) is 5.73 Å². The highest BCUT2D eigenvalue weighted by Gasteiger charge is 2.25. The number of halogens is 1. The average molecular weight is 310 g/mol. The summed E-state index contributed by atoms with van der Waals surface area (Å²) in [5, 5.41) is 2.12. The van der Waals surface area contributed by atoms with E-state index >= 15 is 0 Å². The lowest BCUT2D eigenvalue weighted by Crippen LogP contribution is -2.33. The summed E-state index contributed by atoms with van der Waals surface area (Å²) in [5.41, 5.74) is 7.31. The van der Waals surface area contributed by atoms with Crippen molar-refractivity contribution < 1.29 is 0 Å². The van der Waals surface area contributed by atoms with Crippen LogP contribution in [0.15, 0.2) is 46.3 Å². The molecular weight excluding hydrogens is 294 g/mol. The van der Waals surface area contributed by atoms with Crippen LogP contribution in [0, 0.1) is 0 Å². The Kier molecular flexibility index (Phi) is 4.02. The maximum Gasteiger partial charge on any atom is 0.0175 e.